The van der Waals surface area contributed by atoms with Crippen molar-refractivity contribution in [2.75, 3.05) is 5.73 Å². The van der Waals surface area contributed by atoms with Crippen LogP contribution in [0.3, 0.4) is 0 Å². The second kappa shape index (κ2) is 3.14. The summed E-state index contributed by atoms with van der Waals surface area (Å²) in [6.45, 7) is 2.05. The first kappa shape index (κ1) is 8.74. The molecule has 1 heterocycles. The van der Waals surface area contributed by atoms with Gasteiger partial charge >= 0.3 is 0 Å². The zero-order valence-corrected chi connectivity index (χ0v) is 9.37. The lowest BCUT2D eigenvalue weighted by Crippen LogP contribution is -1.93. The summed E-state index contributed by atoms with van der Waals surface area (Å²) in [6.07, 6.45) is 1.80. The molecule has 0 aliphatic rings. The Balaban J connectivity index is 2.89. The molecule has 0 unspecified atom stereocenters. The minimum Gasteiger partial charge on any atom is -0.397 e. The molecule has 2 nitrogen and oxygen atoms in total. The molecule has 0 saturated carbocycles. The maximum atomic E-state index is 5.94. The average Bonchev–Trinajstić information content (AvgIpc) is 2.12. The van der Waals surface area contributed by atoms with Crippen molar-refractivity contribution in [1.29, 1.82) is 0 Å². The molecule has 13 heavy (non-hydrogen) atoms. The molecule has 0 aliphatic heterocycles. The van der Waals surface area contributed by atoms with E-state index in [2.05, 4.69) is 40.6 Å². The van der Waals surface area contributed by atoms with Gasteiger partial charge in [-0.3, -0.25) is 4.98 Å². The Bertz CT molecular complexity index is 460. The molecule has 0 spiro atoms. The van der Waals surface area contributed by atoms with Crippen LogP contribution < -0.4 is 5.73 Å². The van der Waals surface area contributed by atoms with Crippen LogP contribution in [0.1, 0.15) is 5.56 Å². The Morgan fingerprint density at radius 3 is 2.92 bits per heavy atom. The van der Waals surface area contributed by atoms with E-state index in [4.69, 9.17) is 5.73 Å². The van der Waals surface area contributed by atoms with Crippen molar-refractivity contribution in [2.24, 2.45) is 0 Å². The summed E-state index contributed by atoms with van der Waals surface area (Å²) in [7, 11) is 0. The van der Waals surface area contributed by atoms with E-state index in [1.165, 1.54) is 5.56 Å². The minimum absolute atomic E-state index is 0.828. The lowest BCUT2D eigenvalue weighted by Gasteiger charge is -2.03. The van der Waals surface area contributed by atoms with Gasteiger partial charge in [-0.15, -0.1) is 0 Å². The average molecular weight is 284 g/mol. The molecule has 2 N–H and O–H groups in total. The summed E-state index contributed by atoms with van der Waals surface area (Å²) in [4.78, 5) is 4.30. The van der Waals surface area contributed by atoms with Crippen LogP contribution >= 0.6 is 22.6 Å². The van der Waals surface area contributed by atoms with Gasteiger partial charge in [0.1, 0.15) is 0 Å². The van der Waals surface area contributed by atoms with Gasteiger partial charge in [-0.2, -0.15) is 0 Å². The fourth-order valence-corrected chi connectivity index (χ4v) is 1.73. The summed E-state index contributed by atoms with van der Waals surface area (Å²) in [6, 6.07) is 6.11. The monoisotopic (exact) mass is 284 g/mol. The van der Waals surface area contributed by atoms with Crippen LogP contribution in [-0.4, -0.2) is 4.98 Å². The quantitative estimate of drug-likeness (QED) is 0.755. The van der Waals surface area contributed by atoms with E-state index < -0.39 is 0 Å². The molecule has 0 fully saturated rings. The molecule has 0 amide bonds. The topological polar surface area (TPSA) is 38.9 Å². The molecule has 0 bridgehead atoms. The fraction of sp³-hybridized carbons (Fsp3) is 0.100. The molecule has 0 atom stereocenters. The minimum atomic E-state index is 0.828. The Morgan fingerprint density at radius 2 is 2.15 bits per heavy atom. The third-order valence-electron chi connectivity index (χ3n) is 2.02. The van der Waals surface area contributed by atoms with Crippen LogP contribution in [-0.2, 0) is 0 Å². The predicted molar refractivity (Wildman–Crippen MR) is 63.6 cm³/mol. The van der Waals surface area contributed by atoms with Gasteiger partial charge in [-0.25, -0.2) is 0 Å². The van der Waals surface area contributed by atoms with Gasteiger partial charge in [-0.05, 0) is 41.6 Å². The lowest BCUT2D eigenvalue weighted by atomic mass is 10.1. The number of hydrogen-bond donors (Lipinski definition) is 1. The summed E-state index contributed by atoms with van der Waals surface area (Å²) < 4.78 is 1.01. The maximum Gasteiger partial charge on any atom is 0.0723 e. The van der Waals surface area contributed by atoms with Crippen molar-refractivity contribution in [3.05, 3.63) is 33.5 Å². The van der Waals surface area contributed by atoms with Crippen molar-refractivity contribution < 1.29 is 0 Å². The SMILES string of the molecule is Cc1ccc2ncc(I)c(N)c2c1. The Morgan fingerprint density at radius 1 is 1.38 bits per heavy atom. The third kappa shape index (κ3) is 1.48. The second-order valence-electron chi connectivity index (χ2n) is 3.04. The van der Waals surface area contributed by atoms with Crippen molar-refractivity contribution in [1.82, 2.24) is 4.98 Å². The van der Waals surface area contributed by atoms with Gasteiger partial charge in [0.05, 0.1) is 14.8 Å². The number of benzene rings is 1. The van der Waals surface area contributed by atoms with Crippen molar-refractivity contribution in [2.45, 2.75) is 6.92 Å². The number of pyridine rings is 1. The Labute approximate surface area is 90.3 Å². The number of aromatic nitrogens is 1. The maximum absolute atomic E-state index is 5.94. The molecule has 2 rings (SSSR count). The Hall–Kier alpha value is -0.840. The first-order valence-corrected chi connectivity index (χ1v) is 5.06. The van der Waals surface area contributed by atoms with E-state index in [-0.39, 0.29) is 0 Å². The summed E-state index contributed by atoms with van der Waals surface area (Å²) >= 11 is 2.20. The number of anilines is 1. The van der Waals surface area contributed by atoms with Crippen LogP contribution in [0.2, 0.25) is 0 Å². The zero-order chi connectivity index (χ0) is 9.42. The number of nitrogens with zero attached hydrogens (tertiary/aromatic N) is 1. The van der Waals surface area contributed by atoms with E-state index >= 15 is 0 Å². The van der Waals surface area contributed by atoms with E-state index in [1.54, 1.807) is 6.20 Å². The van der Waals surface area contributed by atoms with Gasteiger partial charge in [-0.1, -0.05) is 11.6 Å². The van der Waals surface area contributed by atoms with Gasteiger partial charge < -0.3 is 5.73 Å². The van der Waals surface area contributed by atoms with Crippen molar-refractivity contribution in [3.8, 4) is 0 Å². The summed E-state index contributed by atoms with van der Waals surface area (Å²) in [5, 5.41) is 1.05. The lowest BCUT2D eigenvalue weighted by molar-refractivity contribution is 1.37. The molecular formula is C10H9IN2. The number of rotatable bonds is 0. The highest BCUT2D eigenvalue weighted by atomic mass is 127. The van der Waals surface area contributed by atoms with Gasteiger partial charge in [0, 0.05) is 11.6 Å². The van der Waals surface area contributed by atoms with Gasteiger partial charge in [0.15, 0.2) is 0 Å². The normalized spacial score (nSPS) is 10.6. The molecule has 0 saturated heterocycles. The van der Waals surface area contributed by atoms with E-state index in [9.17, 15) is 0 Å². The Kier molecular flexibility index (Phi) is 2.11. The number of nitrogens with two attached hydrogens (primary N) is 1. The van der Waals surface area contributed by atoms with Gasteiger partial charge in [0.25, 0.3) is 0 Å². The molecule has 0 aliphatic carbocycles. The van der Waals surface area contributed by atoms with Gasteiger partial charge in [0.2, 0.25) is 0 Å². The summed E-state index contributed by atoms with van der Waals surface area (Å²) in [5.74, 6) is 0. The number of fused-ring (bicyclic) bond motifs is 1. The number of halogens is 1. The van der Waals surface area contributed by atoms with Crippen molar-refractivity contribution in [3.63, 3.8) is 0 Å². The molecule has 1 aromatic heterocycles. The standard InChI is InChI=1S/C10H9IN2/c1-6-2-3-9-7(4-6)10(12)8(11)5-13-9/h2-5H,1H3,(H2,12,13). The van der Waals surface area contributed by atoms with E-state index in [0.29, 0.717) is 0 Å². The highest BCUT2D eigenvalue weighted by Crippen LogP contribution is 2.24. The van der Waals surface area contributed by atoms with Crippen LogP contribution in [0.15, 0.2) is 24.4 Å². The predicted octanol–water partition coefficient (Wildman–Crippen LogP) is 2.73. The molecule has 2 aromatic rings. The number of hydrogen-bond acceptors (Lipinski definition) is 2. The largest absolute Gasteiger partial charge is 0.397 e. The van der Waals surface area contributed by atoms with E-state index in [1.807, 2.05) is 12.1 Å². The molecule has 0 radical (unpaired) electrons. The molecule has 3 heteroatoms. The fourth-order valence-electron chi connectivity index (χ4n) is 1.30. The van der Waals surface area contributed by atoms with E-state index in [0.717, 1.165) is 20.2 Å². The van der Waals surface area contributed by atoms with Crippen LogP contribution in [0.4, 0.5) is 5.69 Å². The first-order chi connectivity index (χ1) is 6.18. The van der Waals surface area contributed by atoms with Crippen LogP contribution in [0, 0.1) is 10.5 Å². The molecule has 66 valence electrons. The highest BCUT2D eigenvalue weighted by molar-refractivity contribution is 14.1. The van der Waals surface area contributed by atoms with Crippen molar-refractivity contribution >= 4 is 39.2 Å². The summed E-state index contributed by atoms with van der Waals surface area (Å²) in [5.41, 5.74) is 8.94. The zero-order valence-electron chi connectivity index (χ0n) is 7.21. The highest BCUT2D eigenvalue weighted by Gasteiger charge is 2.02. The first-order valence-electron chi connectivity index (χ1n) is 3.99. The second-order valence-corrected chi connectivity index (χ2v) is 4.20. The molecule has 1 aromatic carbocycles. The number of aryl methyl sites for hydroxylation is 1. The number of nitrogen functional groups attached to an aromatic ring is 1. The van der Waals surface area contributed by atoms with Crippen LogP contribution in [0.25, 0.3) is 10.9 Å². The third-order valence-corrected chi connectivity index (χ3v) is 2.88. The van der Waals surface area contributed by atoms with Crippen LogP contribution in [0.5, 0.6) is 0 Å². The smallest absolute Gasteiger partial charge is 0.0723 e. The molecular weight excluding hydrogens is 275 g/mol.